The van der Waals surface area contributed by atoms with Gasteiger partial charge >= 0.3 is 5.97 Å². The quantitative estimate of drug-likeness (QED) is 0.403. The van der Waals surface area contributed by atoms with Gasteiger partial charge in [-0.15, -0.1) is 0 Å². The molecule has 0 spiro atoms. The van der Waals surface area contributed by atoms with Crippen molar-refractivity contribution in [3.05, 3.63) is 70.5 Å². The first-order valence-corrected chi connectivity index (χ1v) is 10.5. The minimum Gasteiger partial charge on any atom is -0.487 e. The van der Waals surface area contributed by atoms with E-state index >= 15 is 0 Å². The molecule has 2 heterocycles. The molecule has 7 heteroatoms. The summed E-state index contributed by atoms with van der Waals surface area (Å²) in [6, 6.07) is 13.5. The van der Waals surface area contributed by atoms with Crippen LogP contribution in [0.1, 0.15) is 23.7 Å². The number of H-pyrrole nitrogens is 1. The second-order valence-electron chi connectivity index (χ2n) is 7.34. The Morgan fingerprint density at radius 3 is 2.71 bits per heavy atom. The Balaban J connectivity index is 1.50. The van der Waals surface area contributed by atoms with Gasteiger partial charge in [-0.3, -0.25) is 9.48 Å². The highest BCUT2D eigenvalue weighted by Crippen LogP contribution is 2.28. The van der Waals surface area contributed by atoms with Gasteiger partial charge in [-0.2, -0.15) is 5.10 Å². The Morgan fingerprint density at radius 2 is 1.97 bits per heavy atom. The number of halogens is 1. The van der Waals surface area contributed by atoms with E-state index < -0.39 is 0 Å². The number of nitrogens with zero attached hydrogens (tertiary/aromatic N) is 2. The van der Waals surface area contributed by atoms with Crippen LogP contribution in [0.2, 0.25) is 5.02 Å². The first kappa shape index (κ1) is 21.0. The monoisotopic (exact) mass is 437 g/mol. The molecule has 0 aliphatic carbocycles. The van der Waals surface area contributed by atoms with Crippen LogP contribution in [0.5, 0.6) is 5.75 Å². The summed E-state index contributed by atoms with van der Waals surface area (Å²) in [7, 11) is 1.92. The number of rotatable bonds is 7. The highest BCUT2D eigenvalue weighted by molar-refractivity contribution is 6.30. The summed E-state index contributed by atoms with van der Waals surface area (Å²) < 4.78 is 13.0. The van der Waals surface area contributed by atoms with E-state index in [1.807, 2.05) is 67.3 Å². The van der Waals surface area contributed by atoms with Crippen molar-refractivity contribution in [3.63, 3.8) is 0 Å². The average molecular weight is 438 g/mol. The van der Waals surface area contributed by atoms with E-state index in [4.69, 9.17) is 21.1 Å². The lowest BCUT2D eigenvalue weighted by Crippen LogP contribution is -2.07. The average Bonchev–Trinajstić information content (AvgIpc) is 3.27. The largest absolute Gasteiger partial charge is 0.487 e. The Kier molecular flexibility index (Phi) is 6.00. The third-order valence-corrected chi connectivity index (χ3v) is 5.55. The molecule has 0 unspecified atom stereocenters. The third kappa shape index (κ3) is 4.44. The van der Waals surface area contributed by atoms with E-state index in [-0.39, 0.29) is 12.4 Å². The van der Waals surface area contributed by atoms with Crippen molar-refractivity contribution >= 4 is 28.5 Å². The summed E-state index contributed by atoms with van der Waals surface area (Å²) in [5, 5.41) is 6.35. The van der Waals surface area contributed by atoms with Crippen LogP contribution in [-0.4, -0.2) is 27.3 Å². The second-order valence-corrected chi connectivity index (χ2v) is 7.78. The molecule has 0 bridgehead atoms. The van der Waals surface area contributed by atoms with Crippen LogP contribution in [0, 0.1) is 6.92 Å². The molecule has 4 aromatic rings. The molecule has 0 radical (unpaired) electrons. The summed E-state index contributed by atoms with van der Waals surface area (Å²) in [5.41, 5.74) is 5.84. The van der Waals surface area contributed by atoms with E-state index in [9.17, 15) is 4.79 Å². The lowest BCUT2D eigenvalue weighted by molar-refractivity contribution is -0.142. The molecule has 0 saturated heterocycles. The standard InChI is InChI=1S/C24H24ClN3O3/c1-4-30-23(29)11-17-13-26-21-12-19(9-10-20(17)21)31-14-22-15(2)24(27-28(22)3)16-5-7-18(25)8-6-16/h5-10,12-13,26H,4,11,14H2,1-3H3. The number of carbonyl (C=O) groups is 1. The number of aryl methyl sites for hydroxylation is 1. The minimum absolute atomic E-state index is 0.230. The normalized spacial score (nSPS) is 11.1. The van der Waals surface area contributed by atoms with E-state index in [0.29, 0.717) is 18.2 Å². The van der Waals surface area contributed by atoms with Gasteiger partial charge in [0.05, 0.1) is 24.4 Å². The number of aromatic amines is 1. The van der Waals surface area contributed by atoms with Crippen LogP contribution in [-0.2, 0) is 29.6 Å². The summed E-state index contributed by atoms with van der Waals surface area (Å²) >= 11 is 6.00. The van der Waals surface area contributed by atoms with Crippen LogP contribution in [0.4, 0.5) is 0 Å². The Hall–Kier alpha value is -3.25. The summed E-state index contributed by atoms with van der Waals surface area (Å²) in [6.45, 7) is 4.63. The summed E-state index contributed by atoms with van der Waals surface area (Å²) in [6.07, 6.45) is 2.09. The van der Waals surface area contributed by atoms with Gasteiger partial charge in [-0.05, 0) is 43.7 Å². The molecule has 2 aromatic heterocycles. The zero-order valence-electron chi connectivity index (χ0n) is 17.7. The van der Waals surface area contributed by atoms with Gasteiger partial charge in [0.25, 0.3) is 0 Å². The smallest absolute Gasteiger partial charge is 0.310 e. The first-order chi connectivity index (χ1) is 15.0. The number of esters is 1. The van der Waals surface area contributed by atoms with Crippen molar-refractivity contribution in [2.75, 3.05) is 6.61 Å². The minimum atomic E-state index is -0.230. The first-order valence-electron chi connectivity index (χ1n) is 10.1. The molecule has 31 heavy (non-hydrogen) atoms. The summed E-state index contributed by atoms with van der Waals surface area (Å²) in [4.78, 5) is 15.0. The van der Waals surface area contributed by atoms with Crippen LogP contribution in [0.3, 0.4) is 0 Å². The molecular formula is C24H24ClN3O3. The molecule has 160 valence electrons. The van der Waals surface area contributed by atoms with E-state index in [0.717, 1.165) is 44.7 Å². The van der Waals surface area contributed by atoms with Crippen molar-refractivity contribution in [1.82, 2.24) is 14.8 Å². The van der Waals surface area contributed by atoms with Gasteiger partial charge in [-0.1, -0.05) is 23.7 Å². The summed E-state index contributed by atoms with van der Waals surface area (Å²) in [5.74, 6) is 0.512. The highest BCUT2D eigenvalue weighted by Gasteiger charge is 2.15. The maximum absolute atomic E-state index is 11.8. The van der Waals surface area contributed by atoms with Crippen molar-refractivity contribution in [2.24, 2.45) is 7.05 Å². The molecular weight excluding hydrogens is 414 g/mol. The zero-order chi connectivity index (χ0) is 22.0. The number of hydrogen-bond acceptors (Lipinski definition) is 4. The van der Waals surface area contributed by atoms with Crippen molar-refractivity contribution in [2.45, 2.75) is 26.9 Å². The second kappa shape index (κ2) is 8.86. The van der Waals surface area contributed by atoms with Crippen molar-refractivity contribution < 1.29 is 14.3 Å². The van der Waals surface area contributed by atoms with Gasteiger partial charge in [0.1, 0.15) is 12.4 Å². The molecule has 0 aliphatic heterocycles. The van der Waals surface area contributed by atoms with Crippen LogP contribution in [0.15, 0.2) is 48.7 Å². The molecule has 6 nitrogen and oxygen atoms in total. The fraction of sp³-hybridized carbons (Fsp3) is 0.250. The fourth-order valence-corrected chi connectivity index (χ4v) is 3.80. The van der Waals surface area contributed by atoms with Gasteiger partial charge in [-0.25, -0.2) is 0 Å². The van der Waals surface area contributed by atoms with Crippen LogP contribution < -0.4 is 4.74 Å². The Morgan fingerprint density at radius 1 is 1.19 bits per heavy atom. The zero-order valence-corrected chi connectivity index (χ0v) is 18.5. The number of ether oxygens (including phenoxy) is 2. The number of benzene rings is 2. The van der Waals surface area contributed by atoms with Crippen molar-refractivity contribution in [3.8, 4) is 17.0 Å². The predicted octanol–water partition coefficient (Wildman–Crippen LogP) is 5.21. The molecule has 0 amide bonds. The number of hydrogen-bond donors (Lipinski definition) is 1. The van der Waals surface area contributed by atoms with E-state index in [1.54, 1.807) is 6.92 Å². The van der Waals surface area contributed by atoms with Crippen LogP contribution >= 0.6 is 11.6 Å². The van der Waals surface area contributed by atoms with E-state index in [1.165, 1.54) is 0 Å². The number of aromatic nitrogens is 3. The molecule has 0 fully saturated rings. The molecule has 0 atom stereocenters. The molecule has 4 rings (SSSR count). The molecule has 1 N–H and O–H groups in total. The van der Waals surface area contributed by atoms with Crippen molar-refractivity contribution in [1.29, 1.82) is 0 Å². The molecule has 2 aromatic carbocycles. The molecule has 0 aliphatic rings. The number of nitrogens with one attached hydrogen (secondary N) is 1. The van der Waals surface area contributed by atoms with Gasteiger partial charge < -0.3 is 14.5 Å². The van der Waals surface area contributed by atoms with Gasteiger partial charge in [0.2, 0.25) is 0 Å². The maximum atomic E-state index is 11.8. The maximum Gasteiger partial charge on any atom is 0.310 e. The number of carbonyl (C=O) groups excluding carboxylic acids is 1. The number of fused-ring (bicyclic) bond motifs is 1. The fourth-order valence-electron chi connectivity index (χ4n) is 3.67. The Bertz CT molecular complexity index is 1230. The lowest BCUT2D eigenvalue weighted by atomic mass is 10.1. The van der Waals surface area contributed by atoms with E-state index in [2.05, 4.69) is 10.1 Å². The SMILES string of the molecule is CCOC(=O)Cc1c[nH]c2cc(OCc3c(C)c(-c4ccc(Cl)cc4)nn3C)ccc12. The molecule has 0 saturated carbocycles. The third-order valence-electron chi connectivity index (χ3n) is 5.30. The van der Waals surface area contributed by atoms with Gasteiger partial charge in [0, 0.05) is 46.4 Å². The highest BCUT2D eigenvalue weighted by atomic mass is 35.5. The Labute approximate surface area is 185 Å². The predicted molar refractivity (Wildman–Crippen MR) is 121 cm³/mol. The topological polar surface area (TPSA) is 69.1 Å². The van der Waals surface area contributed by atoms with Gasteiger partial charge in [0.15, 0.2) is 0 Å². The van der Waals surface area contributed by atoms with Crippen LogP contribution in [0.25, 0.3) is 22.2 Å². The lowest BCUT2D eigenvalue weighted by Gasteiger charge is -2.08.